The highest BCUT2D eigenvalue weighted by Crippen LogP contribution is 2.23. The summed E-state index contributed by atoms with van der Waals surface area (Å²) in [6.07, 6.45) is -4.72. The van der Waals surface area contributed by atoms with Gasteiger partial charge < -0.3 is 20.2 Å². The average molecular weight is 328 g/mol. The van der Waals surface area contributed by atoms with Crippen LogP contribution in [0.25, 0.3) is 0 Å². The number of aromatic nitrogens is 1. The van der Waals surface area contributed by atoms with E-state index in [9.17, 15) is 13.2 Å². The third-order valence-electron chi connectivity index (χ3n) is 2.82. The van der Waals surface area contributed by atoms with Crippen LogP contribution in [0, 0.1) is 13.8 Å². The molecule has 0 aliphatic carbocycles. The van der Waals surface area contributed by atoms with E-state index in [1.165, 1.54) is 24.3 Å². The number of halogens is 3. The normalized spacial score (nSPS) is 12.3. The molecule has 0 unspecified atom stereocenters. The lowest BCUT2D eigenvalue weighted by molar-refractivity contribution is -0.274. The van der Waals surface area contributed by atoms with Crippen LogP contribution in [0.3, 0.4) is 0 Å². The number of benzene rings is 1. The topological polar surface area (TPSA) is 85.7 Å². The first-order chi connectivity index (χ1) is 10.7. The zero-order valence-corrected chi connectivity index (χ0v) is 12.4. The van der Waals surface area contributed by atoms with E-state index in [0.717, 1.165) is 5.69 Å². The minimum atomic E-state index is -4.72. The Hall–Kier alpha value is -2.71. The summed E-state index contributed by atoms with van der Waals surface area (Å²) in [5.74, 6) is 0.910. The summed E-state index contributed by atoms with van der Waals surface area (Å²) in [5.41, 5.74) is 6.95. The van der Waals surface area contributed by atoms with E-state index in [4.69, 9.17) is 10.2 Å². The quantitative estimate of drug-likeness (QED) is 0.665. The molecule has 124 valence electrons. The van der Waals surface area contributed by atoms with E-state index in [1.807, 2.05) is 6.92 Å². The molecule has 6 nitrogen and oxygen atoms in total. The van der Waals surface area contributed by atoms with Crippen molar-refractivity contribution >= 4 is 11.6 Å². The number of anilines is 1. The summed E-state index contributed by atoms with van der Waals surface area (Å²) in [5, 5.41) is 2.75. The lowest BCUT2D eigenvalue weighted by Crippen LogP contribution is -2.22. The minimum Gasteiger partial charge on any atom is -0.444 e. The summed E-state index contributed by atoms with van der Waals surface area (Å²) in [6, 6.07) is 5.12. The molecule has 2 aromatic rings. The molecule has 0 radical (unpaired) electrons. The number of aryl methyl sites for hydroxylation is 2. The molecule has 0 bridgehead atoms. The Morgan fingerprint density at radius 2 is 1.96 bits per heavy atom. The summed E-state index contributed by atoms with van der Waals surface area (Å²) in [4.78, 5) is 8.20. The molecule has 1 aromatic heterocycles. The molecule has 23 heavy (non-hydrogen) atoms. The molecule has 1 aromatic carbocycles. The van der Waals surface area contributed by atoms with E-state index >= 15 is 0 Å². The van der Waals surface area contributed by atoms with Crippen LogP contribution in [-0.2, 0) is 6.54 Å². The van der Waals surface area contributed by atoms with Crippen molar-refractivity contribution in [1.82, 2.24) is 4.98 Å². The average Bonchev–Trinajstić information content (AvgIpc) is 2.76. The number of nitrogens with one attached hydrogen (secondary N) is 1. The number of hydrogen-bond donors (Lipinski definition) is 2. The number of hydrogen-bond acceptors (Lipinski definition) is 4. The number of ether oxygens (including phenoxy) is 1. The van der Waals surface area contributed by atoms with Crippen molar-refractivity contribution in [2.24, 2.45) is 10.7 Å². The number of nitrogens with two attached hydrogens (primary N) is 1. The Morgan fingerprint density at radius 3 is 2.48 bits per heavy atom. The third kappa shape index (κ3) is 5.20. The highest BCUT2D eigenvalue weighted by atomic mass is 19.4. The second kappa shape index (κ2) is 6.59. The van der Waals surface area contributed by atoms with Gasteiger partial charge in [0, 0.05) is 5.69 Å². The first-order valence-corrected chi connectivity index (χ1v) is 6.58. The number of nitrogens with zero attached hydrogens (tertiary/aromatic N) is 2. The lowest BCUT2D eigenvalue weighted by atomic mass is 10.3. The van der Waals surface area contributed by atoms with Gasteiger partial charge in [-0.1, -0.05) is 0 Å². The molecule has 0 spiro atoms. The van der Waals surface area contributed by atoms with E-state index in [-0.39, 0.29) is 18.3 Å². The van der Waals surface area contributed by atoms with Crippen LogP contribution >= 0.6 is 0 Å². The molecule has 0 amide bonds. The minimum absolute atomic E-state index is 0.0861. The zero-order chi connectivity index (χ0) is 17.0. The van der Waals surface area contributed by atoms with Crippen molar-refractivity contribution in [3.8, 4) is 5.75 Å². The Bertz CT molecular complexity index is 674. The van der Waals surface area contributed by atoms with Gasteiger partial charge in [-0.15, -0.1) is 13.2 Å². The lowest BCUT2D eigenvalue weighted by Gasteiger charge is -2.10. The Labute approximate surface area is 130 Å². The molecule has 0 atom stereocenters. The Morgan fingerprint density at radius 1 is 1.30 bits per heavy atom. The molecule has 0 saturated heterocycles. The van der Waals surface area contributed by atoms with Gasteiger partial charge in [-0.25, -0.2) is 9.98 Å². The fourth-order valence-corrected chi connectivity index (χ4v) is 1.69. The maximum Gasteiger partial charge on any atom is 0.573 e. The van der Waals surface area contributed by atoms with Crippen molar-refractivity contribution in [1.29, 1.82) is 0 Å². The van der Waals surface area contributed by atoms with Crippen molar-refractivity contribution in [2.75, 3.05) is 5.32 Å². The van der Waals surface area contributed by atoms with Gasteiger partial charge in [-0.05, 0) is 38.1 Å². The van der Waals surface area contributed by atoms with E-state index in [2.05, 4.69) is 20.0 Å². The predicted octanol–water partition coefficient (Wildman–Crippen LogP) is 3.12. The highest BCUT2D eigenvalue weighted by Gasteiger charge is 2.30. The fourth-order valence-electron chi connectivity index (χ4n) is 1.69. The Kier molecular flexibility index (Phi) is 4.77. The molecule has 0 aliphatic rings. The van der Waals surface area contributed by atoms with E-state index < -0.39 is 6.36 Å². The van der Waals surface area contributed by atoms with Crippen molar-refractivity contribution in [3.05, 3.63) is 41.6 Å². The molecular weight excluding hydrogens is 313 g/mol. The van der Waals surface area contributed by atoms with Gasteiger partial charge >= 0.3 is 6.36 Å². The summed E-state index contributed by atoms with van der Waals surface area (Å²) < 4.78 is 45.3. The number of guanidine groups is 1. The second-order valence-corrected chi connectivity index (χ2v) is 4.65. The first-order valence-electron chi connectivity index (χ1n) is 6.58. The molecule has 9 heteroatoms. The van der Waals surface area contributed by atoms with Gasteiger partial charge in [-0.2, -0.15) is 0 Å². The van der Waals surface area contributed by atoms with Gasteiger partial charge in [-0.3, -0.25) is 0 Å². The highest BCUT2D eigenvalue weighted by molar-refractivity contribution is 5.92. The monoisotopic (exact) mass is 328 g/mol. The van der Waals surface area contributed by atoms with Gasteiger partial charge in [0.15, 0.2) is 5.96 Å². The molecule has 0 saturated carbocycles. The van der Waals surface area contributed by atoms with Crippen molar-refractivity contribution in [2.45, 2.75) is 26.8 Å². The summed E-state index contributed by atoms with van der Waals surface area (Å²) in [6.45, 7) is 3.77. The van der Waals surface area contributed by atoms with E-state index in [0.29, 0.717) is 17.3 Å². The standard InChI is InChI=1S/C14H15F3N4O2/c1-8-9(2)22-12(20-8)7-19-13(18)21-10-3-5-11(6-4-10)23-14(15,16)17/h3-6H,7H2,1-2H3,(H3,18,19,21). The molecule has 0 fully saturated rings. The maximum absolute atomic E-state index is 12.1. The second-order valence-electron chi connectivity index (χ2n) is 4.65. The maximum atomic E-state index is 12.1. The SMILES string of the molecule is Cc1nc(CN=C(N)Nc2ccc(OC(F)(F)F)cc2)oc1C. The van der Waals surface area contributed by atoms with Gasteiger partial charge in [0.05, 0.1) is 5.69 Å². The molecule has 1 heterocycles. The van der Waals surface area contributed by atoms with Crippen LogP contribution in [-0.4, -0.2) is 17.3 Å². The smallest absolute Gasteiger partial charge is 0.444 e. The van der Waals surface area contributed by atoms with Crippen LogP contribution in [0.5, 0.6) is 5.75 Å². The van der Waals surface area contributed by atoms with Crippen LogP contribution in [0.1, 0.15) is 17.3 Å². The predicted molar refractivity (Wildman–Crippen MR) is 78.1 cm³/mol. The summed E-state index contributed by atoms with van der Waals surface area (Å²) in [7, 11) is 0. The van der Waals surface area contributed by atoms with Crippen LogP contribution < -0.4 is 15.8 Å². The van der Waals surface area contributed by atoms with Crippen molar-refractivity contribution < 1.29 is 22.3 Å². The van der Waals surface area contributed by atoms with Crippen molar-refractivity contribution in [3.63, 3.8) is 0 Å². The number of alkyl halides is 3. The summed E-state index contributed by atoms with van der Waals surface area (Å²) >= 11 is 0. The molecular formula is C14H15F3N4O2. The van der Waals surface area contributed by atoms with Crippen LogP contribution in [0.15, 0.2) is 33.7 Å². The molecule has 0 aliphatic heterocycles. The first kappa shape index (κ1) is 16.7. The largest absolute Gasteiger partial charge is 0.573 e. The fraction of sp³-hybridized carbons (Fsp3) is 0.286. The number of aliphatic imine (C=N–C) groups is 1. The van der Waals surface area contributed by atoms with Crippen LogP contribution in [0.2, 0.25) is 0 Å². The zero-order valence-electron chi connectivity index (χ0n) is 12.4. The Balaban J connectivity index is 1.94. The van der Waals surface area contributed by atoms with Crippen LogP contribution in [0.4, 0.5) is 18.9 Å². The van der Waals surface area contributed by atoms with E-state index in [1.54, 1.807) is 6.92 Å². The third-order valence-corrected chi connectivity index (χ3v) is 2.82. The molecule has 3 N–H and O–H groups in total. The van der Waals surface area contributed by atoms with Gasteiger partial charge in [0.25, 0.3) is 0 Å². The number of rotatable bonds is 4. The van der Waals surface area contributed by atoms with Gasteiger partial charge in [0.2, 0.25) is 5.89 Å². The molecule has 2 rings (SSSR count). The van der Waals surface area contributed by atoms with Gasteiger partial charge in [0.1, 0.15) is 18.1 Å². The number of oxazole rings is 1.